The van der Waals surface area contributed by atoms with Gasteiger partial charge in [-0.2, -0.15) is 0 Å². The number of carbonyl (C=O) groups excluding carboxylic acids is 2. The Morgan fingerprint density at radius 1 is 1.17 bits per heavy atom. The van der Waals surface area contributed by atoms with Gasteiger partial charge in [-0.1, -0.05) is 25.1 Å². The molecular formula is C22H25N3O4. The summed E-state index contributed by atoms with van der Waals surface area (Å²) in [6.07, 6.45) is 0. The number of ether oxygens (including phenoxy) is 2. The van der Waals surface area contributed by atoms with Crippen molar-refractivity contribution in [3.8, 4) is 5.75 Å². The molecular weight excluding hydrogens is 370 g/mol. The zero-order valence-corrected chi connectivity index (χ0v) is 16.8. The first kappa shape index (κ1) is 19.4. The fourth-order valence-electron chi connectivity index (χ4n) is 4.02. The lowest BCUT2D eigenvalue weighted by Gasteiger charge is -2.17. The highest BCUT2D eigenvalue weighted by atomic mass is 16.5. The average molecular weight is 395 g/mol. The summed E-state index contributed by atoms with van der Waals surface area (Å²) in [5.41, 5.74) is 2.23. The van der Waals surface area contributed by atoms with Crippen LogP contribution in [0, 0.1) is 11.8 Å². The first-order valence-corrected chi connectivity index (χ1v) is 9.79. The third kappa shape index (κ3) is 3.70. The predicted molar refractivity (Wildman–Crippen MR) is 107 cm³/mol. The zero-order chi connectivity index (χ0) is 20.5. The van der Waals surface area contributed by atoms with Gasteiger partial charge in [0, 0.05) is 47.7 Å². The summed E-state index contributed by atoms with van der Waals surface area (Å²) in [6.45, 7) is 3.38. The topological polar surface area (TPSA) is 89.6 Å². The Labute approximate surface area is 169 Å². The van der Waals surface area contributed by atoms with Crippen LogP contribution >= 0.6 is 0 Å². The first-order valence-electron chi connectivity index (χ1n) is 9.79. The van der Waals surface area contributed by atoms with E-state index in [0.717, 1.165) is 11.3 Å². The smallest absolute Gasteiger partial charge is 0.269 e. The predicted octanol–water partition coefficient (Wildman–Crippen LogP) is 1.98. The molecule has 1 aliphatic carbocycles. The molecule has 1 saturated carbocycles. The van der Waals surface area contributed by atoms with Gasteiger partial charge in [0.15, 0.2) is 0 Å². The van der Waals surface area contributed by atoms with Crippen molar-refractivity contribution in [2.45, 2.75) is 18.9 Å². The number of amides is 2. The molecule has 2 aromatic rings. The molecule has 4 atom stereocenters. The lowest BCUT2D eigenvalue weighted by Crippen LogP contribution is -2.30. The van der Waals surface area contributed by atoms with Gasteiger partial charge in [0.1, 0.15) is 11.4 Å². The van der Waals surface area contributed by atoms with Crippen molar-refractivity contribution in [2.24, 2.45) is 11.8 Å². The summed E-state index contributed by atoms with van der Waals surface area (Å²) in [5.74, 6) is 0.882. The molecule has 1 aromatic heterocycles. The van der Waals surface area contributed by atoms with Crippen LogP contribution in [-0.4, -0.2) is 50.2 Å². The fourth-order valence-corrected chi connectivity index (χ4v) is 4.02. The fraction of sp³-hybridized carbons (Fsp3) is 0.409. The number of para-hydroxylation sites is 1. The summed E-state index contributed by atoms with van der Waals surface area (Å²) in [6, 6.07) is 11.1. The van der Waals surface area contributed by atoms with Crippen molar-refractivity contribution in [2.75, 3.05) is 27.4 Å². The second-order valence-electron chi connectivity index (χ2n) is 7.57. The van der Waals surface area contributed by atoms with E-state index in [-0.39, 0.29) is 29.5 Å². The lowest BCUT2D eigenvalue weighted by molar-refractivity contribution is 0.0928. The first-order chi connectivity index (χ1) is 14.0. The van der Waals surface area contributed by atoms with Gasteiger partial charge >= 0.3 is 0 Å². The van der Waals surface area contributed by atoms with Crippen LogP contribution in [0.15, 0.2) is 36.4 Å². The second kappa shape index (κ2) is 7.83. The van der Waals surface area contributed by atoms with Gasteiger partial charge in [-0.3, -0.25) is 9.59 Å². The number of hydrogen-bond acceptors (Lipinski definition) is 5. The molecule has 1 unspecified atom stereocenters. The minimum absolute atomic E-state index is 0.156. The summed E-state index contributed by atoms with van der Waals surface area (Å²) >= 11 is 0. The van der Waals surface area contributed by atoms with Crippen LogP contribution in [0.5, 0.6) is 5.75 Å². The molecule has 2 N–H and O–H groups in total. The minimum atomic E-state index is -0.329. The van der Waals surface area contributed by atoms with E-state index in [2.05, 4.69) is 15.6 Å². The molecule has 152 valence electrons. The minimum Gasteiger partial charge on any atom is -0.496 e. The molecule has 29 heavy (non-hydrogen) atoms. The maximum absolute atomic E-state index is 12.9. The molecule has 2 heterocycles. The Kier molecular flexibility index (Phi) is 5.24. The standard InChI is InChI=1S/C22H25N3O4/c1-12(14-6-4-5-7-19(14)28-3)17-8-13(9-18(24-17)22(27)23-2)21(26)25-20-15-10-29-11-16(15)20/h4-9,12,15-16,20H,10-11H2,1-3H3,(H,23,27)(H,25,26)/t12-,15-,16+,20?/m0/s1. The van der Waals surface area contributed by atoms with Crippen LogP contribution in [0.1, 0.15) is 44.9 Å². The number of methoxy groups -OCH3 is 1. The number of pyridine rings is 1. The largest absolute Gasteiger partial charge is 0.496 e. The quantitative estimate of drug-likeness (QED) is 0.781. The van der Waals surface area contributed by atoms with Crippen LogP contribution in [0.2, 0.25) is 0 Å². The third-order valence-electron chi connectivity index (χ3n) is 5.87. The van der Waals surface area contributed by atoms with Crippen molar-refractivity contribution in [1.29, 1.82) is 0 Å². The van der Waals surface area contributed by atoms with Crippen molar-refractivity contribution in [1.82, 2.24) is 15.6 Å². The summed E-state index contributed by atoms with van der Waals surface area (Å²) in [5, 5.41) is 5.67. The van der Waals surface area contributed by atoms with E-state index in [9.17, 15) is 9.59 Å². The molecule has 0 radical (unpaired) electrons. The normalized spacial score (nSPS) is 23.1. The van der Waals surface area contributed by atoms with Crippen LogP contribution in [-0.2, 0) is 4.74 Å². The average Bonchev–Trinajstić information content (AvgIpc) is 3.17. The summed E-state index contributed by atoms with van der Waals surface area (Å²) < 4.78 is 10.9. The SMILES string of the molecule is CNC(=O)c1cc(C(=O)NC2[C@H]3COC[C@@H]23)cc([C@@H](C)c2ccccc2OC)n1. The Morgan fingerprint density at radius 2 is 1.90 bits per heavy atom. The van der Waals surface area contributed by atoms with Gasteiger partial charge in [-0.15, -0.1) is 0 Å². The monoisotopic (exact) mass is 395 g/mol. The Balaban J connectivity index is 1.65. The van der Waals surface area contributed by atoms with E-state index in [1.807, 2.05) is 31.2 Å². The Morgan fingerprint density at radius 3 is 2.59 bits per heavy atom. The summed E-state index contributed by atoms with van der Waals surface area (Å²) in [7, 11) is 3.17. The van der Waals surface area contributed by atoms with Crippen LogP contribution in [0.3, 0.4) is 0 Å². The third-order valence-corrected chi connectivity index (χ3v) is 5.87. The van der Waals surface area contributed by atoms with Crippen molar-refractivity contribution >= 4 is 11.8 Å². The maximum Gasteiger partial charge on any atom is 0.269 e. The van der Waals surface area contributed by atoms with E-state index < -0.39 is 0 Å². The number of rotatable bonds is 6. The number of hydrogen-bond donors (Lipinski definition) is 2. The van der Waals surface area contributed by atoms with Crippen molar-refractivity contribution < 1.29 is 19.1 Å². The molecule has 0 spiro atoms. The Bertz CT molecular complexity index is 935. The number of nitrogens with zero attached hydrogens (tertiary/aromatic N) is 1. The van der Waals surface area contributed by atoms with Gasteiger partial charge < -0.3 is 20.1 Å². The van der Waals surface area contributed by atoms with Crippen LogP contribution in [0.25, 0.3) is 0 Å². The maximum atomic E-state index is 12.9. The highest BCUT2D eigenvalue weighted by molar-refractivity contribution is 5.99. The van der Waals surface area contributed by atoms with E-state index in [0.29, 0.717) is 36.3 Å². The molecule has 1 aliphatic heterocycles. The molecule has 2 fully saturated rings. The molecule has 2 amide bonds. The van der Waals surface area contributed by atoms with Gasteiger partial charge in [0.25, 0.3) is 11.8 Å². The van der Waals surface area contributed by atoms with Crippen molar-refractivity contribution in [3.63, 3.8) is 0 Å². The number of carbonyl (C=O) groups is 2. The van der Waals surface area contributed by atoms with E-state index in [1.165, 1.54) is 0 Å². The summed E-state index contributed by atoms with van der Waals surface area (Å²) in [4.78, 5) is 29.7. The molecule has 1 saturated heterocycles. The number of aromatic nitrogens is 1. The molecule has 4 rings (SSSR count). The van der Waals surface area contributed by atoms with E-state index in [4.69, 9.17) is 9.47 Å². The number of fused-ring (bicyclic) bond motifs is 1. The molecule has 1 aromatic carbocycles. The van der Waals surface area contributed by atoms with Gasteiger partial charge in [0.2, 0.25) is 0 Å². The number of benzene rings is 1. The van der Waals surface area contributed by atoms with Crippen LogP contribution in [0.4, 0.5) is 0 Å². The highest BCUT2D eigenvalue weighted by Gasteiger charge is 2.54. The highest BCUT2D eigenvalue weighted by Crippen LogP contribution is 2.44. The van der Waals surface area contributed by atoms with Crippen molar-refractivity contribution in [3.05, 3.63) is 58.9 Å². The van der Waals surface area contributed by atoms with Gasteiger partial charge in [-0.25, -0.2) is 4.98 Å². The zero-order valence-electron chi connectivity index (χ0n) is 16.8. The van der Waals surface area contributed by atoms with Gasteiger partial charge in [0.05, 0.1) is 20.3 Å². The molecule has 2 aliphatic rings. The molecule has 0 bridgehead atoms. The van der Waals surface area contributed by atoms with E-state index >= 15 is 0 Å². The van der Waals surface area contributed by atoms with Crippen LogP contribution < -0.4 is 15.4 Å². The number of nitrogens with one attached hydrogen (secondary N) is 2. The van der Waals surface area contributed by atoms with E-state index in [1.54, 1.807) is 26.3 Å². The lowest BCUT2D eigenvalue weighted by atomic mass is 9.95. The molecule has 7 nitrogen and oxygen atoms in total. The molecule has 7 heteroatoms. The Hall–Kier alpha value is -2.93. The second-order valence-corrected chi connectivity index (χ2v) is 7.57. The van der Waals surface area contributed by atoms with Gasteiger partial charge in [-0.05, 0) is 18.2 Å².